The van der Waals surface area contributed by atoms with Crippen LogP contribution in [-0.2, 0) is 0 Å². The summed E-state index contributed by atoms with van der Waals surface area (Å²) in [6.45, 7) is 5.40. The fraction of sp³-hybridized carbons (Fsp3) is 0.167. The summed E-state index contributed by atoms with van der Waals surface area (Å²) in [5.74, 6) is -0.673. The maximum absolute atomic E-state index is 13.4. The first-order valence-corrected chi connectivity index (χ1v) is 9.38. The van der Waals surface area contributed by atoms with E-state index in [9.17, 15) is 14.7 Å². The van der Waals surface area contributed by atoms with E-state index in [1.165, 1.54) is 6.07 Å². The molecule has 0 bridgehead atoms. The van der Waals surface area contributed by atoms with Crippen molar-refractivity contribution in [2.45, 2.75) is 13.8 Å². The molecule has 0 unspecified atom stereocenters. The highest BCUT2D eigenvalue weighted by atomic mass is 16.3. The van der Waals surface area contributed by atoms with E-state index in [-0.39, 0.29) is 22.9 Å². The summed E-state index contributed by atoms with van der Waals surface area (Å²) in [4.78, 5) is 28.7. The lowest BCUT2D eigenvalue weighted by atomic mass is 9.91. The first kappa shape index (κ1) is 19.4. The van der Waals surface area contributed by atoms with Crippen LogP contribution in [0.2, 0.25) is 0 Å². The van der Waals surface area contributed by atoms with Crippen LogP contribution in [0, 0.1) is 0 Å². The average Bonchev–Trinajstić information content (AvgIpc) is 2.74. The molecule has 0 atom stereocenters. The molecule has 0 spiro atoms. The number of nitrogens with zero attached hydrogens (tertiary/aromatic N) is 1. The van der Waals surface area contributed by atoms with Gasteiger partial charge in [-0.05, 0) is 32.0 Å². The van der Waals surface area contributed by atoms with Crippen molar-refractivity contribution in [3.05, 3.63) is 95.1 Å². The monoisotopic (exact) mass is 373 g/mol. The minimum absolute atomic E-state index is 0.0973. The van der Waals surface area contributed by atoms with Crippen LogP contribution in [0.4, 0.5) is 5.69 Å². The zero-order valence-electron chi connectivity index (χ0n) is 16.1. The van der Waals surface area contributed by atoms with Crippen molar-refractivity contribution in [1.82, 2.24) is 0 Å². The van der Waals surface area contributed by atoms with Crippen LogP contribution in [0.1, 0.15) is 45.7 Å². The van der Waals surface area contributed by atoms with Gasteiger partial charge in [-0.15, -0.1) is 0 Å². The maximum atomic E-state index is 13.4. The summed E-state index contributed by atoms with van der Waals surface area (Å²) in [5, 5.41) is 10.2. The van der Waals surface area contributed by atoms with Crippen molar-refractivity contribution in [1.29, 1.82) is 0 Å². The largest absolute Gasteiger partial charge is 0.507 e. The van der Waals surface area contributed by atoms with E-state index in [1.807, 2.05) is 30.9 Å². The summed E-state index contributed by atoms with van der Waals surface area (Å²) in [7, 11) is 0. The third-order valence-corrected chi connectivity index (χ3v) is 4.80. The number of aromatic hydroxyl groups is 1. The smallest absolute Gasteiger partial charge is 0.199 e. The molecular formula is C24H23NO3. The van der Waals surface area contributed by atoms with Gasteiger partial charge in [-0.1, -0.05) is 54.6 Å². The molecular weight excluding hydrogens is 350 g/mol. The molecule has 3 rings (SSSR count). The first-order valence-electron chi connectivity index (χ1n) is 9.38. The zero-order chi connectivity index (χ0) is 20.1. The number of carbonyl (C=O) groups is 2. The molecule has 0 fully saturated rings. The fourth-order valence-electron chi connectivity index (χ4n) is 3.34. The third-order valence-electron chi connectivity index (χ3n) is 4.80. The Hall–Kier alpha value is -3.40. The molecule has 1 N–H and O–H groups in total. The number of phenolic OH excluding ortho intramolecular Hbond substituents is 1. The summed E-state index contributed by atoms with van der Waals surface area (Å²) >= 11 is 0. The van der Waals surface area contributed by atoms with Gasteiger partial charge < -0.3 is 10.0 Å². The van der Waals surface area contributed by atoms with Gasteiger partial charge in [0.15, 0.2) is 11.6 Å². The normalized spacial score (nSPS) is 10.5. The van der Waals surface area contributed by atoms with Gasteiger partial charge in [0.25, 0.3) is 0 Å². The Balaban J connectivity index is 2.23. The number of ketones is 2. The molecule has 0 heterocycles. The Morgan fingerprint density at radius 1 is 0.750 bits per heavy atom. The van der Waals surface area contributed by atoms with Crippen LogP contribution in [0.25, 0.3) is 0 Å². The molecule has 0 aliphatic rings. The Morgan fingerprint density at radius 3 is 2.00 bits per heavy atom. The lowest BCUT2D eigenvalue weighted by Gasteiger charge is -2.25. The van der Waals surface area contributed by atoms with Gasteiger partial charge in [-0.2, -0.15) is 0 Å². The van der Waals surface area contributed by atoms with Gasteiger partial charge in [-0.25, -0.2) is 0 Å². The molecule has 4 heteroatoms. The summed E-state index contributed by atoms with van der Waals surface area (Å²) < 4.78 is 0. The van der Waals surface area contributed by atoms with Gasteiger partial charge in [0.05, 0.1) is 11.1 Å². The number of para-hydroxylation sites is 1. The Morgan fingerprint density at radius 2 is 1.36 bits per heavy atom. The van der Waals surface area contributed by atoms with E-state index >= 15 is 0 Å². The Labute approximate surface area is 165 Å². The van der Waals surface area contributed by atoms with Crippen molar-refractivity contribution in [2.24, 2.45) is 0 Å². The lowest BCUT2D eigenvalue weighted by molar-refractivity contribution is 0.100. The van der Waals surface area contributed by atoms with Gasteiger partial charge in [0.1, 0.15) is 5.75 Å². The maximum Gasteiger partial charge on any atom is 0.199 e. The molecule has 3 aromatic rings. The van der Waals surface area contributed by atoms with Crippen LogP contribution in [-0.4, -0.2) is 29.8 Å². The Bertz CT molecular complexity index is 992. The van der Waals surface area contributed by atoms with Gasteiger partial charge in [0, 0.05) is 29.9 Å². The van der Waals surface area contributed by atoms with Crippen LogP contribution in [0.15, 0.2) is 72.8 Å². The predicted molar refractivity (Wildman–Crippen MR) is 111 cm³/mol. The summed E-state index contributed by atoms with van der Waals surface area (Å²) in [6.07, 6.45) is 0. The lowest BCUT2D eigenvalue weighted by Crippen LogP contribution is -2.26. The molecule has 0 saturated heterocycles. The minimum atomic E-state index is -0.361. The Kier molecular flexibility index (Phi) is 5.90. The summed E-state index contributed by atoms with van der Waals surface area (Å²) in [6, 6.07) is 20.7. The van der Waals surface area contributed by atoms with Crippen molar-refractivity contribution >= 4 is 17.3 Å². The summed E-state index contributed by atoms with van der Waals surface area (Å²) in [5.41, 5.74) is 2.06. The second kappa shape index (κ2) is 8.53. The van der Waals surface area contributed by atoms with Crippen LogP contribution >= 0.6 is 0 Å². The molecule has 0 radical (unpaired) electrons. The molecule has 3 aromatic carbocycles. The second-order valence-electron chi connectivity index (χ2n) is 6.41. The zero-order valence-corrected chi connectivity index (χ0v) is 16.1. The number of anilines is 1. The number of rotatable bonds is 7. The first-order chi connectivity index (χ1) is 13.6. The average molecular weight is 373 g/mol. The van der Waals surface area contributed by atoms with Crippen LogP contribution < -0.4 is 4.90 Å². The van der Waals surface area contributed by atoms with Gasteiger partial charge >= 0.3 is 0 Å². The van der Waals surface area contributed by atoms with E-state index in [2.05, 4.69) is 0 Å². The second-order valence-corrected chi connectivity index (χ2v) is 6.41. The third kappa shape index (κ3) is 3.67. The molecule has 0 saturated carbocycles. The number of hydrogen-bond acceptors (Lipinski definition) is 4. The van der Waals surface area contributed by atoms with Crippen molar-refractivity contribution < 1.29 is 14.7 Å². The van der Waals surface area contributed by atoms with E-state index in [0.29, 0.717) is 35.5 Å². The molecule has 0 aliphatic heterocycles. The van der Waals surface area contributed by atoms with E-state index < -0.39 is 0 Å². The molecule has 28 heavy (non-hydrogen) atoms. The fourth-order valence-corrected chi connectivity index (χ4v) is 3.34. The minimum Gasteiger partial charge on any atom is -0.507 e. The number of hydrogen-bond donors (Lipinski definition) is 1. The van der Waals surface area contributed by atoms with E-state index in [4.69, 9.17) is 0 Å². The molecule has 0 aliphatic carbocycles. The van der Waals surface area contributed by atoms with Gasteiger partial charge in [0.2, 0.25) is 0 Å². The number of phenols is 1. The standard InChI is InChI=1S/C24H23NO3/c1-3-25(4-2)20-15-10-14-19(23(27)17-11-6-5-7-12-17)22(20)24(28)18-13-8-9-16-21(18)26/h5-16,26H,3-4H2,1-2H3. The highest BCUT2D eigenvalue weighted by molar-refractivity contribution is 6.22. The van der Waals surface area contributed by atoms with Crippen molar-refractivity contribution in [3.8, 4) is 5.75 Å². The van der Waals surface area contributed by atoms with Crippen molar-refractivity contribution in [2.75, 3.05) is 18.0 Å². The number of carbonyl (C=O) groups excluding carboxylic acids is 2. The molecule has 0 amide bonds. The molecule has 142 valence electrons. The molecule has 0 aromatic heterocycles. The highest BCUT2D eigenvalue weighted by Gasteiger charge is 2.26. The van der Waals surface area contributed by atoms with Crippen molar-refractivity contribution in [3.63, 3.8) is 0 Å². The molecule has 4 nitrogen and oxygen atoms in total. The van der Waals surface area contributed by atoms with Crippen LogP contribution in [0.5, 0.6) is 5.75 Å². The topological polar surface area (TPSA) is 57.6 Å². The van der Waals surface area contributed by atoms with E-state index in [0.717, 1.165) is 0 Å². The quantitative estimate of drug-likeness (QED) is 0.610. The van der Waals surface area contributed by atoms with Crippen LogP contribution in [0.3, 0.4) is 0 Å². The SMILES string of the molecule is CCN(CC)c1cccc(C(=O)c2ccccc2)c1C(=O)c1ccccc1O. The predicted octanol–water partition coefficient (Wildman–Crippen LogP) is 4.70. The number of benzene rings is 3. The highest BCUT2D eigenvalue weighted by Crippen LogP contribution is 2.31. The van der Waals surface area contributed by atoms with E-state index in [1.54, 1.807) is 54.6 Å². The van der Waals surface area contributed by atoms with Gasteiger partial charge in [-0.3, -0.25) is 9.59 Å².